The Bertz CT molecular complexity index is 379. The lowest BCUT2D eigenvalue weighted by Crippen LogP contribution is -1.96. The summed E-state index contributed by atoms with van der Waals surface area (Å²) in [5.74, 6) is -1.25. The molecule has 0 amide bonds. The lowest BCUT2D eigenvalue weighted by Gasteiger charge is -2.00. The average molecular weight is 177 g/mol. The van der Waals surface area contributed by atoms with Gasteiger partial charge >= 0.3 is 5.97 Å². The zero-order valence-corrected chi connectivity index (χ0v) is 6.69. The van der Waals surface area contributed by atoms with Gasteiger partial charge in [0, 0.05) is 5.56 Å². The van der Waals surface area contributed by atoms with E-state index in [2.05, 4.69) is 0 Å². The molecular formula is C9H7NO3. The highest BCUT2D eigenvalue weighted by atomic mass is 16.4. The predicted molar refractivity (Wildman–Crippen MR) is 44.4 cm³/mol. The number of benzene rings is 1. The van der Waals surface area contributed by atoms with Crippen molar-refractivity contribution in [1.82, 2.24) is 0 Å². The third kappa shape index (κ3) is 1.97. The number of hydrogen-bond acceptors (Lipinski definition) is 3. The van der Waals surface area contributed by atoms with Gasteiger partial charge in [0.05, 0.1) is 18.1 Å². The molecule has 0 heterocycles. The molecule has 2 N–H and O–H groups in total. The lowest BCUT2D eigenvalue weighted by atomic mass is 10.1. The molecule has 0 unspecified atom stereocenters. The Labute approximate surface area is 74.7 Å². The summed E-state index contributed by atoms with van der Waals surface area (Å²) in [4.78, 5) is 10.4. The Morgan fingerprint density at radius 1 is 1.54 bits per heavy atom. The van der Waals surface area contributed by atoms with Crippen LogP contribution in [0.4, 0.5) is 0 Å². The van der Waals surface area contributed by atoms with Crippen LogP contribution in [-0.4, -0.2) is 16.2 Å². The molecule has 1 aromatic carbocycles. The number of nitriles is 1. The van der Waals surface area contributed by atoms with Crippen molar-refractivity contribution in [2.75, 3.05) is 0 Å². The minimum absolute atomic E-state index is 0.0131. The van der Waals surface area contributed by atoms with Crippen LogP contribution < -0.4 is 0 Å². The largest absolute Gasteiger partial charge is 0.508 e. The zero-order chi connectivity index (χ0) is 9.84. The monoisotopic (exact) mass is 177 g/mol. The van der Waals surface area contributed by atoms with Gasteiger partial charge in [-0.1, -0.05) is 6.07 Å². The fraction of sp³-hybridized carbons (Fsp3) is 0.111. The standard InChI is InChI=1S/C9H7NO3/c10-4-3-6-1-2-7(9(12)13)5-8(6)11/h1-2,5,11H,3H2,(H,12,13). The van der Waals surface area contributed by atoms with E-state index in [0.29, 0.717) is 5.56 Å². The summed E-state index contributed by atoms with van der Waals surface area (Å²) >= 11 is 0. The van der Waals surface area contributed by atoms with Gasteiger partial charge in [-0.15, -0.1) is 0 Å². The fourth-order valence-electron chi connectivity index (χ4n) is 0.932. The first-order valence-corrected chi connectivity index (χ1v) is 3.57. The SMILES string of the molecule is N#CCc1ccc(C(=O)O)cc1O. The van der Waals surface area contributed by atoms with Gasteiger partial charge in [-0.25, -0.2) is 4.79 Å². The van der Waals surface area contributed by atoms with Crippen LogP contribution in [0, 0.1) is 11.3 Å². The Hall–Kier alpha value is -2.02. The molecule has 1 rings (SSSR count). The van der Waals surface area contributed by atoms with Crippen molar-refractivity contribution >= 4 is 5.97 Å². The highest BCUT2D eigenvalue weighted by Crippen LogP contribution is 2.18. The Kier molecular flexibility index (Phi) is 2.50. The van der Waals surface area contributed by atoms with E-state index in [4.69, 9.17) is 10.4 Å². The van der Waals surface area contributed by atoms with Crippen LogP contribution in [0.3, 0.4) is 0 Å². The van der Waals surface area contributed by atoms with Crippen molar-refractivity contribution in [2.24, 2.45) is 0 Å². The normalized spacial score (nSPS) is 9.15. The summed E-state index contributed by atoms with van der Waals surface area (Å²) in [5, 5.41) is 26.2. The van der Waals surface area contributed by atoms with Crippen LogP contribution in [0.15, 0.2) is 18.2 Å². The summed E-state index contributed by atoms with van der Waals surface area (Å²) in [6.07, 6.45) is 0.0751. The van der Waals surface area contributed by atoms with Crippen molar-refractivity contribution in [3.05, 3.63) is 29.3 Å². The van der Waals surface area contributed by atoms with Crippen LogP contribution in [0.1, 0.15) is 15.9 Å². The first kappa shape index (κ1) is 9.07. The molecule has 0 aromatic heterocycles. The Morgan fingerprint density at radius 3 is 2.69 bits per heavy atom. The molecule has 0 radical (unpaired) electrons. The molecule has 0 aliphatic carbocycles. The van der Waals surface area contributed by atoms with Crippen LogP contribution in [-0.2, 0) is 6.42 Å². The molecule has 0 atom stereocenters. The summed E-state index contributed by atoms with van der Waals surface area (Å²) in [6.45, 7) is 0. The van der Waals surface area contributed by atoms with Crippen LogP contribution >= 0.6 is 0 Å². The number of aromatic carboxylic acids is 1. The Morgan fingerprint density at radius 2 is 2.23 bits per heavy atom. The van der Waals surface area contributed by atoms with Gasteiger partial charge in [0.25, 0.3) is 0 Å². The number of phenolic OH excluding ortho intramolecular Hbond substituents is 1. The van der Waals surface area contributed by atoms with Crippen molar-refractivity contribution in [2.45, 2.75) is 6.42 Å². The fourth-order valence-corrected chi connectivity index (χ4v) is 0.932. The van der Waals surface area contributed by atoms with E-state index in [-0.39, 0.29) is 17.7 Å². The van der Waals surface area contributed by atoms with Gasteiger partial charge in [0.2, 0.25) is 0 Å². The number of rotatable bonds is 2. The zero-order valence-electron chi connectivity index (χ0n) is 6.69. The van der Waals surface area contributed by atoms with Gasteiger partial charge in [-0.3, -0.25) is 0 Å². The molecule has 0 aliphatic heterocycles. The molecule has 66 valence electrons. The van der Waals surface area contributed by atoms with Gasteiger partial charge in [-0.2, -0.15) is 5.26 Å². The summed E-state index contributed by atoms with van der Waals surface area (Å²) in [6, 6.07) is 5.79. The van der Waals surface area contributed by atoms with E-state index >= 15 is 0 Å². The quantitative estimate of drug-likeness (QED) is 0.710. The second kappa shape index (κ2) is 3.59. The second-order valence-corrected chi connectivity index (χ2v) is 2.48. The smallest absolute Gasteiger partial charge is 0.335 e. The van der Waals surface area contributed by atoms with Crippen molar-refractivity contribution in [1.29, 1.82) is 5.26 Å². The maximum absolute atomic E-state index is 10.4. The van der Waals surface area contributed by atoms with Gasteiger partial charge < -0.3 is 10.2 Å². The van der Waals surface area contributed by atoms with E-state index in [9.17, 15) is 9.90 Å². The number of carboxylic acids is 1. The number of aromatic hydroxyl groups is 1. The van der Waals surface area contributed by atoms with Gasteiger partial charge in [-0.05, 0) is 12.1 Å². The summed E-state index contributed by atoms with van der Waals surface area (Å²) < 4.78 is 0. The number of phenols is 1. The molecule has 0 spiro atoms. The maximum Gasteiger partial charge on any atom is 0.335 e. The third-order valence-corrected chi connectivity index (χ3v) is 1.60. The molecular weight excluding hydrogens is 170 g/mol. The van der Waals surface area contributed by atoms with Gasteiger partial charge in [0.15, 0.2) is 0 Å². The molecule has 13 heavy (non-hydrogen) atoms. The molecule has 0 bridgehead atoms. The van der Waals surface area contributed by atoms with Crippen LogP contribution in [0.25, 0.3) is 0 Å². The molecule has 0 saturated heterocycles. The minimum Gasteiger partial charge on any atom is -0.508 e. The first-order chi connectivity index (χ1) is 6.15. The maximum atomic E-state index is 10.4. The number of carbonyl (C=O) groups is 1. The van der Waals surface area contributed by atoms with Crippen LogP contribution in [0.5, 0.6) is 5.75 Å². The minimum atomic E-state index is -1.10. The molecule has 4 nitrogen and oxygen atoms in total. The topological polar surface area (TPSA) is 81.3 Å². The molecule has 4 heteroatoms. The molecule has 0 fully saturated rings. The van der Waals surface area contributed by atoms with Crippen LogP contribution in [0.2, 0.25) is 0 Å². The number of nitrogens with zero attached hydrogens (tertiary/aromatic N) is 1. The lowest BCUT2D eigenvalue weighted by molar-refractivity contribution is 0.0696. The predicted octanol–water partition coefficient (Wildman–Crippen LogP) is 1.16. The average Bonchev–Trinajstić information content (AvgIpc) is 2.08. The van der Waals surface area contributed by atoms with Gasteiger partial charge in [0.1, 0.15) is 5.75 Å². The van der Waals surface area contributed by atoms with Crippen molar-refractivity contribution in [3.63, 3.8) is 0 Å². The number of carboxylic acid groups (broad SMARTS) is 1. The molecule has 0 saturated carbocycles. The van der Waals surface area contributed by atoms with E-state index in [1.165, 1.54) is 12.1 Å². The first-order valence-electron chi connectivity index (χ1n) is 3.57. The summed E-state index contributed by atoms with van der Waals surface area (Å²) in [7, 11) is 0. The van der Waals surface area contributed by atoms with E-state index in [1.54, 1.807) is 0 Å². The summed E-state index contributed by atoms with van der Waals surface area (Å²) in [5.41, 5.74) is 0.451. The molecule has 1 aromatic rings. The molecule has 0 aliphatic rings. The van der Waals surface area contributed by atoms with Crippen molar-refractivity contribution < 1.29 is 15.0 Å². The van der Waals surface area contributed by atoms with E-state index < -0.39 is 5.97 Å². The highest BCUT2D eigenvalue weighted by Gasteiger charge is 2.06. The highest BCUT2D eigenvalue weighted by molar-refractivity contribution is 5.88. The third-order valence-electron chi connectivity index (χ3n) is 1.60. The van der Waals surface area contributed by atoms with E-state index in [1.807, 2.05) is 6.07 Å². The Balaban J connectivity index is 3.07. The number of hydrogen-bond donors (Lipinski definition) is 2. The second-order valence-electron chi connectivity index (χ2n) is 2.48. The van der Waals surface area contributed by atoms with Crippen molar-refractivity contribution in [3.8, 4) is 11.8 Å². The van der Waals surface area contributed by atoms with E-state index in [0.717, 1.165) is 6.07 Å².